The topological polar surface area (TPSA) is 82.4 Å². The van der Waals surface area contributed by atoms with Gasteiger partial charge in [-0.2, -0.15) is 0 Å². The summed E-state index contributed by atoms with van der Waals surface area (Å²) in [6.07, 6.45) is 3.00. The van der Waals surface area contributed by atoms with E-state index < -0.39 is 5.91 Å². The summed E-state index contributed by atoms with van der Waals surface area (Å²) in [6.45, 7) is -0.119. The normalized spacial score (nSPS) is 16.6. The van der Waals surface area contributed by atoms with Gasteiger partial charge in [0.2, 0.25) is 5.91 Å². The molecule has 2 amide bonds. The molecule has 1 radical (unpaired) electrons. The second-order valence-corrected chi connectivity index (χ2v) is 3.35. The van der Waals surface area contributed by atoms with Crippen molar-refractivity contribution in [3.8, 4) is 5.75 Å². The number of methoxy groups -OCH3 is 1. The maximum absolute atomic E-state index is 11.4. The van der Waals surface area contributed by atoms with E-state index in [4.69, 9.17) is 4.74 Å². The molecule has 91 valence electrons. The van der Waals surface area contributed by atoms with Crippen LogP contribution in [-0.2, 0) is 9.59 Å². The zero-order valence-corrected chi connectivity index (χ0v) is 14.5. The molecule has 0 bridgehead atoms. The summed E-state index contributed by atoms with van der Waals surface area (Å²) in [6, 6.07) is 3.39. The average Bonchev–Trinajstić information content (AvgIpc) is 2.35. The van der Waals surface area contributed by atoms with Crippen LogP contribution in [0.3, 0.4) is 0 Å². The molecule has 1 N–H and O–H groups in total. The molecule has 1 aliphatic heterocycles. The Morgan fingerprint density at radius 2 is 2.22 bits per heavy atom. The molecule has 0 atom stereocenters. The van der Waals surface area contributed by atoms with E-state index in [-0.39, 0.29) is 62.2 Å². The standard InChI is InChI=1S/C11H11N3O3.Ac/c1-17-8-3-2-7(12-5-8)4-9-11(16)13-6-10(15)14-9;/h2-5H,6H2,1H3,(H2,12,13,14,15,16);/p-1. The monoisotopic (exact) mass is 459 g/mol. The molecule has 1 aliphatic rings. The third-order valence-corrected chi connectivity index (χ3v) is 2.16. The SMILES string of the molecule is COc1ccc(C=C2NC(=O)C[N-]C2=O)nc1.[Ac]. The number of nitrogens with one attached hydrogen (secondary N) is 1. The summed E-state index contributed by atoms with van der Waals surface area (Å²) >= 11 is 0. The van der Waals surface area contributed by atoms with E-state index in [2.05, 4.69) is 15.6 Å². The molecule has 1 aromatic rings. The van der Waals surface area contributed by atoms with E-state index in [9.17, 15) is 9.59 Å². The van der Waals surface area contributed by atoms with E-state index in [1.807, 2.05) is 0 Å². The van der Waals surface area contributed by atoms with Crippen LogP contribution in [-0.4, -0.2) is 30.5 Å². The zero-order valence-electron chi connectivity index (χ0n) is 9.71. The molecule has 0 saturated carbocycles. The van der Waals surface area contributed by atoms with E-state index >= 15 is 0 Å². The molecule has 2 rings (SSSR count). The third kappa shape index (κ3) is 3.79. The van der Waals surface area contributed by atoms with E-state index in [0.717, 1.165) is 0 Å². The smallest absolute Gasteiger partial charge is 0.206 e. The molecule has 1 fully saturated rings. The first-order valence-corrected chi connectivity index (χ1v) is 4.92. The second kappa shape index (κ2) is 6.86. The Balaban J connectivity index is 0.00000162. The van der Waals surface area contributed by atoms with Crippen molar-refractivity contribution in [3.63, 3.8) is 0 Å². The van der Waals surface area contributed by atoms with Crippen LogP contribution in [0.4, 0.5) is 0 Å². The first-order valence-electron chi connectivity index (χ1n) is 4.92. The minimum atomic E-state index is -0.442. The first kappa shape index (κ1) is 15.1. The number of hydrogen-bond donors (Lipinski definition) is 1. The van der Waals surface area contributed by atoms with Gasteiger partial charge in [-0.1, -0.05) is 0 Å². The van der Waals surface area contributed by atoms with Crippen molar-refractivity contribution in [3.05, 3.63) is 35.0 Å². The fourth-order valence-electron chi connectivity index (χ4n) is 1.32. The van der Waals surface area contributed by atoms with Gasteiger partial charge in [0.25, 0.3) is 0 Å². The minimum Gasteiger partial charge on any atom is -0.640 e. The minimum absolute atomic E-state index is 0. The summed E-state index contributed by atoms with van der Waals surface area (Å²) in [4.78, 5) is 26.5. The van der Waals surface area contributed by atoms with Crippen molar-refractivity contribution < 1.29 is 58.4 Å². The number of piperazine rings is 1. The first-order chi connectivity index (χ1) is 8.19. The predicted molar refractivity (Wildman–Crippen MR) is 60.1 cm³/mol. The molecule has 0 unspecified atom stereocenters. The van der Waals surface area contributed by atoms with Crippen molar-refractivity contribution >= 4 is 17.9 Å². The molecule has 0 aliphatic carbocycles. The number of nitrogens with zero attached hydrogens (tertiary/aromatic N) is 2. The maximum Gasteiger partial charge on any atom is 0.206 e. The number of ether oxygens (including phenoxy) is 1. The van der Waals surface area contributed by atoms with Crippen LogP contribution < -0.4 is 10.1 Å². The van der Waals surface area contributed by atoms with Crippen LogP contribution in [0.15, 0.2) is 24.0 Å². The third-order valence-electron chi connectivity index (χ3n) is 2.16. The molecule has 0 spiro atoms. The Morgan fingerprint density at radius 3 is 2.83 bits per heavy atom. The van der Waals surface area contributed by atoms with Crippen molar-refractivity contribution in [1.82, 2.24) is 10.3 Å². The molecule has 18 heavy (non-hydrogen) atoms. The second-order valence-electron chi connectivity index (χ2n) is 3.35. The van der Waals surface area contributed by atoms with E-state index in [1.54, 1.807) is 19.2 Å². The van der Waals surface area contributed by atoms with Gasteiger partial charge < -0.3 is 20.2 Å². The van der Waals surface area contributed by atoms with Crippen LogP contribution in [0.2, 0.25) is 0 Å². The fraction of sp³-hybridized carbons (Fsp3) is 0.182. The molecule has 6 nitrogen and oxygen atoms in total. The van der Waals surface area contributed by atoms with Crippen molar-refractivity contribution in [1.29, 1.82) is 0 Å². The number of hydrogen-bond acceptors (Lipinski definition) is 4. The van der Waals surface area contributed by atoms with E-state index in [0.29, 0.717) is 11.4 Å². The number of carbonyl (C=O) groups is 2. The number of rotatable bonds is 2. The summed E-state index contributed by atoms with van der Waals surface area (Å²) < 4.78 is 4.96. The van der Waals surface area contributed by atoms with Crippen LogP contribution in [0.1, 0.15) is 5.69 Å². The Bertz CT molecular complexity index is 485. The Morgan fingerprint density at radius 1 is 1.44 bits per heavy atom. The summed E-state index contributed by atoms with van der Waals surface area (Å²) in [5, 5.41) is 6.00. The number of carbonyl (C=O) groups excluding carboxylic acids is 2. The Labute approximate surface area is 140 Å². The van der Waals surface area contributed by atoms with E-state index in [1.165, 1.54) is 12.3 Å². The Hall–Kier alpha value is -0.928. The van der Waals surface area contributed by atoms with Crippen LogP contribution in [0.5, 0.6) is 5.75 Å². The van der Waals surface area contributed by atoms with Gasteiger partial charge in [-0.3, -0.25) is 9.78 Å². The van der Waals surface area contributed by atoms with Crippen molar-refractivity contribution in [2.24, 2.45) is 0 Å². The summed E-state index contributed by atoms with van der Waals surface area (Å²) in [7, 11) is 1.54. The van der Waals surface area contributed by atoms with Gasteiger partial charge in [0.05, 0.1) is 30.6 Å². The number of pyridine rings is 1. The zero-order chi connectivity index (χ0) is 12.3. The van der Waals surface area contributed by atoms with Gasteiger partial charge >= 0.3 is 0 Å². The number of amides is 2. The van der Waals surface area contributed by atoms with Gasteiger partial charge in [-0.15, -0.1) is 0 Å². The van der Waals surface area contributed by atoms with Crippen LogP contribution in [0.25, 0.3) is 11.4 Å². The average molecular weight is 459 g/mol. The van der Waals surface area contributed by atoms with Gasteiger partial charge in [0.15, 0.2) is 0 Å². The molecular weight excluding hydrogens is 449 g/mol. The molecule has 2 heterocycles. The van der Waals surface area contributed by atoms with Gasteiger partial charge in [-0.05, 0) is 24.8 Å². The number of aromatic nitrogens is 1. The quantitative estimate of drug-likeness (QED) is 0.652. The largest absolute Gasteiger partial charge is 0.640 e. The maximum atomic E-state index is 11.4. The van der Waals surface area contributed by atoms with Crippen LogP contribution in [0, 0.1) is 44.1 Å². The summed E-state index contributed by atoms with van der Waals surface area (Å²) in [5.74, 6) is -0.123. The molecular formula is C11H10AcN3O3-. The summed E-state index contributed by atoms with van der Waals surface area (Å²) in [5.41, 5.74) is 0.686. The van der Waals surface area contributed by atoms with Crippen LogP contribution >= 0.6 is 0 Å². The molecule has 0 aromatic carbocycles. The molecule has 1 saturated heterocycles. The fourth-order valence-corrected chi connectivity index (χ4v) is 1.32. The van der Waals surface area contributed by atoms with Gasteiger partial charge in [0.1, 0.15) is 5.75 Å². The Kier molecular flexibility index (Phi) is 5.76. The predicted octanol–water partition coefficient (Wildman–Crippen LogP) is 0.461. The molecule has 1 aromatic heterocycles. The molecule has 7 heteroatoms. The van der Waals surface area contributed by atoms with Crippen molar-refractivity contribution in [2.75, 3.05) is 13.7 Å². The van der Waals surface area contributed by atoms with Gasteiger partial charge in [0, 0.05) is 44.1 Å². The van der Waals surface area contributed by atoms with Gasteiger partial charge in [-0.25, -0.2) is 0 Å². The van der Waals surface area contributed by atoms with Crippen molar-refractivity contribution in [2.45, 2.75) is 0 Å².